The van der Waals surface area contributed by atoms with Gasteiger partial charge in [-0.15, -0.1) is 0 Å². The lowest BCUT2D eigenvalue weighted by Crippen LogP contribution is -2.63. The maximum atomic E-state index is 14.7. The fourth-order valence-electron chi connectivity index (χ4n) is 14.8. The third-order valence-corrected chi connectivity index (χ3v) is 24.0. The SMILES string of the molecule is CC[C@H](C)[C@H](NC(=O)[C@@H]1CCCN1)C(=O)N[C@H](C(=O)N[C@H](C(=O)N[C@@H](CS)C(=O)N[C@@H](CCCN=C(N)N)C(=O)N[C@@H](CCCCN)C(=O)N[C@@H](CC(=O)O)C(=O)N[C@@H](CC(C)C)C(=O)N[C@@H](CC(C)C)C(=O)N[C@H](C(=O)N[C@@H](CCCCN)C(=O)N[C@@H](CCC(N)=O)C(=O)N[C@H](C(=O)N[C@H](C(=O)N[C@@H](CS)C(=O)N[C@@H](CC(C)C)C(=O)N[C@@H](CC(=O)O)C(=O)O)C(C)C)C(C)C)[C@@H](C)O)[C@@H](C)CC)[C@@H](C)O. The average molecular weight is 2060 g/mol. The Bertz CT molecular complexity index is 4220. The van der Waals surface area contributed by atoms with Gasteiger partial charge in [0.25, 0.3) is 0 Å². The Balaban J connectivity index is 3.73. The topological polar surface area (TPSA) is 819 Å². The first-order chi connectivity index (χ1) is 66.4. The highest BCUT2D eigenvalue weighted by molar-refractivity contribution is 7.80. The molecule has 0 spiro atoms. The van der Waals surface area contributed by atoms with Gasteiger partial charge in [-0.25, -0.2) is 4.79 Å². The zero-order chi connectivity index (χ0) is 108. The quantitative estimate of drug-likeness (QED) is 0.0117. The van der Waals surface area contributed by atoms with Gasteiger partial charge in [-0.2, -0.15) is 25.3 Å². The van der Waals surface area contributed by atoms with Crippen LogP contribution in [0.5, 0.6) is 0 Å². The number of carboxylic acid groups (broad SMARTS) is 3. The molecule has 0 unspecified atom stereocenters. The minimum atomic E-state index is -2.02. The number of nitrogens with zero attached hydrogens (tertiary/aromatic N) is 1. The average Bonchev–Trinajstić information content (AvgIpc) is 1.03. The van der Waals surface area contributed by atoms with E-state index in [4.69, 9.17) is 28.7 Å². The number of aliphatic hydroxyl groups is 2. The van der Waals surface area contributed by atoms with E-state index in [0.717, 1.165) is 13.3 Å². The molecule has 1 saturated heterocycles. The fourth-order valence-corrected chi connectivity index (χ4v) is 15.3. The van der Waals surface area contributed by atoms with E-state index in [2.05, 4.69) is 126 Å². The van der Waals surface area contributed by atoms with Crippen molar-refractivity contribution in [1.29, 1.82) is 0 Å². The van der Waals surface area contributed by atoms with E-state index in [-0.39, 0.29) is 114 Å². The minimum Gasteiger partial charge on any atom is -0.481 e. The summed E-state index contributed by atoms with van der Waals surface area (Å²) < 4.78 is 0. The van der Waals surface area contributed by atoms with Crippen molar-refractivity contribution in [2.75, 3.05) is 37.7 Å². The standard InChI is InChI=1S/C90H160N24O26S2/c1-17-47(13)68(112-88(138)71(50(16)116)114-86(136)69(48(14)18-2)111-72(122)51-27-23-33-96-51)85(135)108-61(40-141)81(131)99-54(28-24-34-97-90(94)95)74(124)98-52(25-19-21-31-91)75(125)105-59(38-64(118)119)79(129)102-56(35-42(3)4)77(127)103-58(37-44(7)8)80(130)113-70(49(15)115)87(137)101-53(26-20-22-32-92)73(123)100-55(29-30-63(93)117)76(126)109-67(46(11)12)84(134)110-66(45(9)10)83(133)107-62(41-142)82(132)104-57(36-43(5)6)78(128)106-60(89(139)140)39-65(120)121/h42-62,66-71,96,115-116,141-142H,17-41,91-92H2,1-16H3,(H2,93,117)(H,98,124)(H,99,131)(H,100,123)(H,101,137)(H,102,129)(H,103,127)(H,104,132)(H,105,125)(H,106,128)(H,107,133)(H,108,135)(H,109,126)(H,110,134)(H,111,122)(H,112,138)(H,113,130)(H,114,136)(H,118,119)(H,120,121)(H,139,140)(H4,94,95,97)/t47-,48-,49+,50+,51-,52-,53-,54-,55-,56-,57-,58-,59-,60-,61-,62-,66-,67-,68-,69-,70-,71-/m0/s1. The predicted octanol–water partition coefficient (Wildman–Crippen LogP) is -6.25. The zero-order valence-electron chi connectivity index (χ0n) is 84.3. The van der Waals surface area contributed by atoms with Gasteiger partial charge in [-0.1, -0.05) is 110 Å². The summed E-state index contributed by atoms with van der Waals surface area (Å²) in [6.45, 7) is 25.9. The number of carboxylic acids is 3. The van der Waals surface area contributed by atoms with Crippen LogP contribution in [0.15, 0.2) is 4.99 Å². The first-order valence-corrected chi connectivity index (χ1v) is 49.6. The van der Waals surface area contributed by atoms with Crippen molar-refractivity contribution in [2.24, 2.45) is 75.1 Å². The minimum absolute atomic E-state index is 0.00788. The van der Waals surface area contributed by atoms with E-state index in [9.17, 15) is 126 Å². The van der Waals surface area contributed by atoms with Gasteiger partial charge in [-0.05, 0) is 165 Å². The number of aliphatic hydroxyl groups excluding tert-OH is 2. The monoisotopic (exact) mass is 2060 g/mol. The van der Waals surface area contributed by atoms with Crippen molar-refractivity contribution in [1.82, 2.24) is 95.7 Å². The molecule has 0 aliphatic carbocycles. The van der Waals surface area contributed by atoms with Crippen LogP contribution < -0.4 is 124 Å². The van der Waals surface area contributed by atoms with E-state index in [1.807, 2.05) is 0 Å². The molecule has 142 heavy (non-hydrogen) atoms. The second kappa shape index (κ2) is 66.5. The van der Waals surface area contributed by atoms with Gasteiger partial charge in [0, 0.05) is 24.5 Å². The van der Waals surface area contributed by atoms with Crippen molar-refractivity contribution in [3.8, 4) is 0 Å². The number of aliphatic carboxylic acids is 3. The lowest BCUT2D eigenvalue weighted by molar-refractivity contribution is -0.147. The number of nitrogens with one attached hydrogen (secondary N) is 18. The first-order valence-electron chi connectivity index (χ1n) is 48.3. The van der Waals surface area contributed by atoms with Crippen LogP contribution in [0.3, 0.4) is 0 Å². The molecule has 0 aromatic heterocycles. The smallest absolute Gasteiger partial charge is 0.326 e. The van der Waals surface area contributed by atoms with Gasteiger partial charge < -0.3 is 150 Å². The summed E-state index contributed by atoms with van der Waals surface area (Å²) in [6, 6.07) is -27.8. The Labute approximate surface area is 839 Å². The maximum absolute atomic E-state index is 14.7. The van der Waals surface area contributed by atoms with Crippen LogP contribution in [0.2, 0.25) is 0 Å². The molecular weight excluding hydrogens is 1900 g/mol. The van der Waals surface area contributed by atoms with Crippen LogP contribution in [0.25, 0.3) is 0 Å². The Morgan fingerprint density at radius 3 is 0.986 bits per heavy atom. The fraction of sp³-hybridized carbons (Fsp3) is 0.756. The number of carbonyl (C=O) groups excluding carboxylic acids is 18. The number of hydrogen-bond acceptors (Lipinski definition) is 29. The van der Waals surface area contributed by atoms with Gasteiger partial charge in [0.1, 0.15) is 103 Å². The Kier molecular flexibility index (Phi) is 60.2. The number of aliphatic imine (C=N–C) groups is 1. The molecule has 0 radical (unpaired) electrons. The molecule has 1 rings (SSSR count). The number of guanidine groups is 1. The predicted molar refractivity (Wildman–Crippen MR) is 528 cm³/mol. The number of rotatable bonds is 70. The number of thiol groups is 2. The third kappa shape index (κ3) is 47.7. The molecule has 52 heteroatoms. The largest absolute Gasteiger partial charge is 0.481 e. The van der Waals surface area contributed by atoms with E-state index in [0.29, 0.717) is 19.4 Å². The second-order valence-corrected chi connectivity index (χ2v) is 38.5. The lowest BCUT2D eigenvalue weighted by Gasteiger charge is -2.31. The summed E-state index contributed by atoms with van der Waals surface area (Å²) in [4.78, 5) is 294. The number of hydrogen-bond donors (Lipinski definition) is 30. The molecule has 0 aromatic carbocycles. The number of unbranched alkanes of at least 4 members (excludes halogenated alkanes) is 2. The highest BCUT2D eigenvalue weighted by atomic mass is 32.1. The molecule has 1 heterocycles. The van der Waals surface area contributed by atoms with Crippen LogP contribution >= 0.6 is 25.3 Å². The summed E-state index contributed by atoms with van der Waals surface area (Å²) in [6.07, 6.45) is -4.91. The lowest BCUT2D eigenvalue weighted by atomic mass is 9.96. The Morgan fingerprint density at radius 1 is 0.345 bits per heavy atom. The molecule has 808 valence electrons. The number of nitrogens with two attached hydrogens (primary N) is 5. The molecule has 22 atom stereocenters. The Morgan fingerprint density at radius 2 is 0.627 bits per heavy atom. The van der Waals surface area contributed by atoms with Crippen LogP contribution in [0, 0.1) is 41.4 Å². The Hall–Kier alpha value is -11.4. The third-order valence-electron chi connectivity index (χ3n) is 23.3. The first kappa shape index (κ1) is 129. The summed E-state index contributed by atoms with van der Waals surface area (Å²) in [7, 11) is 0. The normalized spacial score (nSPS) is 16.9. The van der Waals surface area contributed by atoms with Gasteiger partial charge >= 0.3 is 17.9 Å². The van der Waals surface area contributed by atoms with Crippen molar-refractivity contribution in [2.45, 2.75) is 354 Å². The van der Waals surface area contributed by atoms with Crippen LogP contribution in [-0.4, -0.2) is 314 Å². The summed E-state index contributed by atoms with van der Waals surface area (Å²) in [5, 5.41) is 96.8. The highest BCUT2D eigenvalue weighted by Gasteiger charge is 2.43. The zero-order valence-corrected chi connectivity index (χ0v) is 86.1. The molecule has 50 nitrogen and oxygen atoms in total. The van der Waals surface area contributed by atoms with Gasteiger partial charge in [0.15, 0.2) is 5.96 Å². The van der Waals surface area contributed by atoms with Crippen molar-refractivity contribution in [3.63, 3.8) is 0 Å². The summed E-state index contributed by atoms with van der Waals surface area (Å²) >= 11 is 8.54. The van der Waals surface area contributed by atoms with E-state index in [1.165, 1.54) is 34.6 Å². The van der Waals surface area contributed by atoms with Crippen LogP contribution in [-0.2, 0) is 101 Å². The van der Waals surface area contributed by atoms with Crippen molar-refractivity contribution in [3.05, 3.63) is 0 Å². The number of amides is 18. The van der Waals surface area contributed by atoms with Gasteiger partial charge in [0.2, 0.25) is 106 Å². The number of carbonyl (C=O) groups is 21. The maximum Gasteiger partial charge on any atom is 0.326 e. The summed E-state index contributed by atoms with van der Waals surface area (Å²) in [5.74, 6) is -27.7. The van der Waals surface area contributed by atoms with Gasteiger partial charge in [0.05, 0.1) is 31.1 Å². The molecule has 18 amide bonds. The molecule has 1 aliphatic rings. The van der Waals surface area contributed by atoms with Crippen molar-refractivity contribution < 1.29 is 126 Å². The molecular formula is C90H160N24O26S2. The molecule has 1 aliphatic heterocycles. The second-order valence-electron chi connectivity index (χ2n) is 37.8. The summed E-state index contributed by atoms with van der Waals surface area (Å²) in [5.41, 5.74) is 28.4. The molecule has 0 saturated carbocycles. The molecule has 1 fully saturated rings. The van der Waals surface area contributed by atoms with E-state index in [1.54, 1.807) is 69.2 Å². The molecule has 0 bridgehead atoms. The van der Waals surface area contributed by atoms with Gasteiger partial charge in [-0.3, -0.25) is 101 Å². The highest BCUT2D eigenvalue weighted by Crippen LogP contribution is 2.20. The molecule has 33 N–H and O–H groups in total. The van der Waals surface area contributed by atoms with E-state index < -0.39 is 312 Å². The van der Waals surface area contributed by atoms with Crippen LogP contribution in [0.4, 0.5) is 0 Å². The molecule has 0 aromatic rings. The number of primary amides is 1. The van der Waals surface area contributed by atoms with Crippen LogP contribution in [0.1, 0.15) is 233 Å². The van der Waals surface area contributed by atoms with E-state index >= 15 is 0 Å². The van der Waals surface area contributed by atoms with Crippen molar-refractivity contribution >= 4 is 155 Å².